The van der Waals surface area contributed by atoms with Crippen molar-refractivity contribution < 1.29 is 14.2 Å². The molecule has 2 rings (SSSR count). The number of halogens is 1. The molecule has 1 N–H and O–H groups in total. The van der Waals surface area contributed by atoms with Crippen molar-refractivity contribution in [3.05, 3.63) is 28.2 Å². The van der Waals surface area contributed by atoms with Crippen LogP contribution in [-0.2, 0) is 9.47 Å². The maximum absolute atomic E-state index is 5.74. The van der Waals surface area contributed by atoms with E-state index in [-0.39, 0.29) is 0 Å². The number of benzene rings is 1. The highest BCUT2D eigenvalue weighted by molar-refractivity contribution is 9.10. The Hall–Kier alpha value is -0.620. The molecule has 1 heterocycles. The topological polar surface area (TPSA) is 39.7 Å². The highest BCUT2D eigenvalue weighted by Crippen LogP contribution is 2.31. The third kappa shape index (κ3) is 4.95. The lowest BCUT2D eigenvalue weighted by molar-refractivity contribution is 0.0954. The number of methoxy groups -OCH3 is 1. The van der Waals surface area contributed by atoms with E-state index in [9.17, 15) is 0 Å². The maximum Gasteiger partial charge on any atom is 0.133 e. The van der Waals surface area contributed by atoms with E-state index >= 15 is 0 Å². The van der Waals surface area contributed by atoms with Crippen LogP contribution < -0.4 is 10.1 Å². The van der Waals surface area contributed by atoms with Gasteiger partial charge in [0.25, 0.3) is 0 Å². The van der Waals surface area contributed by atoms with Gasteiger partial charge in [-0.25, -0.2) is 0 Å². The van der Waals surface area contributed by atoms with E-state index in [1.807, 2.05) is 13.1 Å². The van der Waals surface area contributed by atoms with Crippen molar-refractivity contribution >= 4 is 15.9 Å². The van der Waals surface area contributed by atoms with E-state index in [1.165, 1.54) is 12.0 Å². The molecule has 2 atom stereocenters. The van der Waals surface area contributed by atoms with Crippen LogP contribution in [0.5, 0.6) is 5.75 Å². The molecule has 1 aromatic carbocycles. The van der Waals surface area contributed by atoms with Gasteiger partial charge >= 0.3 is 0 Å². The lowest BCUT2D eigenvalue weighted by Crippen LogP contribution is -2.22. The molecule has 2 unspecified atom stereocenters. The highest BCUT2D eigenvalue weighted by atomic mass is 79.9. The van der Waals surface area contributed by atoms with Crippen LogP contribution in [0.15, 0.2) is 22.7 Å². The SMILES string of the molecule is CNC(CC1CCCO1)c1ccc(OCCOC)c(Br)c1. The van der Waals surface area contributed by atoms with E-state index in [0.29, 0.717) is 25.4 Å². The standard InChI is InChI=1S/C16H24BrNO3/c1-18-15(11-13-4-3-7-20-13)12-5-6-16(14(17)10-12)21-9-8-19-2/h5-6,10,13,15,18H,3-4,7-9,11H2,1-2H3. The Labute approximate surface area is 135 Å². The molecule has 1 aliphatic rings. The van der Waals surface area contributed by atoms with E-state index < -0.39 is 0 Å². The van der Waals surface area contributed by atoms with Crippen LogP contribution in [0.1, 0.15) is 30.9 Å². The average molecular weight is 358 g/mol. The fourth-order valence-electron chi connectivity index (χ4n) is 2.60. The minimum Gasteiger partial charge on any atom is -0.490 e. The summed E-state index contributed by atoms with van der Waals surface area (Å²) in [5.41, 5.74) is 1.25. The lowest BCUT2D eigenvalue weighted by atomic mass is 9.99. The van der Waals surface area contributed by atoms with Crippen molar-refractivity contribution in [3.63, 3.8) is 0 Å². The summed E-state index contributed by atoms with van der Waals surface area (Å²) in [4.78, 5) is 0. The number of ether oxygens (including phenoxy) is 3. The summed E-state index contributed by atoms with van der Waals surface area (Å²) in [6.45, 7) is 2.04. The van der Waals surface area contributed by atoms with Gasteiger partial charge in [0.05, 0.1) is 17.2 Å². The lowest BCUT2D eigenvalue weighted by Gasteiger charge is -2.21. The van der Waals surface area contributed by atoms with Crippen LogP contribution in [0.4, 0.5) is 0 Å². The number of nitrogens with one attached hydrogen (secondary N) is 1. The molecule has 0 spiro atoms. The molecule has 0 bridgehead atoms. The molecule has 0 aliphatic carbocycles. The molecule has 21 heavy (non-hydrogen) atoms. The van der Waals surface area contributed by atoms with Gasteiger partial charge < -0.3 is 19.5 Å². The van der Waals surface area contributed by atoms with Crippen LogP contribution in [-0.4, -0.2) is 40.1 Å². The maximum atomic E-state index is 5.74. The molecule has 1 aliphatic heterocycles. The average Bonchev–Trinajstić information content (AvgIpc) is 2.99. The van der Waals surface area contributed by atoms with Crippen molar-refractivity contribution in [1.29, 1.82) is 0 Å². The molecule has 1 saturated heterocycles. The second-order valence-corrected chi connectivity index (χ2v) is 6.10. The minimum absolute atomic E-state index is 0.303. The van der Waals surface area contributed by atoms with Crippen molar-refractivity contribution in [2.45, 2.75) is 31.4 Å². The summed E-state index contributed by atoms with van der Waals surface area (Å²) in [5.74, 6) is 0.850. The number of hydrogen-bond donors (Lipinski definition) is 1. The van der Waals surface area contributed by atoms with Gasteiger partial charge in [-0.05, 0) is 59.9 Å². The van der Waals surface area contributed by atoms with Crippen molar-refractivity contribution in [2.75, 3.05) is 34.0 Å². The van der Waals surface area contributed by atoms with Gasteiger partial charge in [-0.15, -0.1) is 0 Å². The van der Waals surface area contributed by atoms with Gasteiger partial charge in [-0.2, -0.15) is 0 Å². The van der Waals surface area contributed by atoms with Crippen LogP contribution in [0.3, 0.4) is 0 Å². The van der Waals surface area contributed by atoms with Crippen LogP contribution >= 0.6 is 15.9 Å². The fourth-order valence-corrected chi connectivity index (χ4v) is 3.11. The van der Waals surface area contributed by atoms with Gasteiger partial charge in [-0.1, -0.05) is 6.07 Å². The number of hydrogen-bond acceptors (Lipinski definition) is 4. The molecular weight excluding hydrogens is 334 g/mol. The Bertz CT molecular complexity index is 436. The zero-order chi connectivity index (χ0) is 15.1. The Morgan fingerprint density at radius 3 is 2.90 bits per heavy atom. The van der Waals surface area contributed by atoms with Crippen LogP contribution in [0.2, 0.25) is 0 Å². The van der Waals surface area contributed by atoms with E-state index in [2.05, 4.69) is 33.4 Å². The molecule has 5 heteroatoms. The van der Waals surface area contributed by atoms with Gasteiger partial charge in [0, 0.05) is 19.8 Å². The van der Waals surface area contributed by atoms with Gasteiger partial charge in [0.2, 0.25) is 0 Å². The summed E-state index contributed by atoms with van der Waals surface area (Å²) in [5, 5.41) is 3.38. The van der Waals surface area contributed by atoms with Crippen molar-refractivity contribution in [2.24, 2.45) is 0 Å². The first kappa shape index (κ1) is 16.7. The van der Waals surface area contributed by atoms with E-state index in [1.54, 1.807) is 7.11 Å². The van der Waals surface area contributed by atoms with Gasteiger partial charge in [0.1, 0.15) is 12.4 Å². The summed E-state index contributed by atoms with van der Waals surface area (Å²) in [6, 6.07) is 6.55. The Kier molecular flexibility index (Phi) is 6.96. The Balaban J connectivity index is 1.98. The molecule has 1 aromatic rings. The normalized spacial score (nSPS) is 19.7. The first-order chi connectivity index (χ1) is 10.2. The first-order valence-corrected chi connectivity index (χ1v) is 8.24. The summed E-state index contributed by atoms with van der Waals surface area (Å²) >= 11 is 3.58. The predicted molar refractivity (Wildman–Crippen MR) is 86.9 cm³/mol. The molecule has 1 fully saturated rings. The van der Waals surface area contributed by atoms with Crippen molar-refractivity contribution in [3.8, 4) is 5.75 Å². The first-order valence-electron chi connectivity index (χ1n) is 7.44. The summed E-state index contributed by atoms with van der Waals surface area (Å²) in [7, 11) is 3.67. The number of rotatable bonds is 8. The monoisotopic (exact) mass is 357 g/mol. The van der Waals surface area contributed by atoms with Crippen LogP contribution in [0.25, 0.3) is 0 Å². The molecular formula is C16H24BrNO3. The molecule has 0 radical (unpaired) electrons. The quantitative estimate of drug-likeness (QED) is 0.724. The molecule has 118 valence electrons. The summed E-state index contributed by atoms with van der Waals surface area (Å²) < 4.78 is 17.4. The second kappa shape index (κ2) is 8.73. The molecule has 0 amide bonds. The zero-order valence-corrected chi connectivity index (χ0v) is 14.3. The Morgan fingerprint density at radius 2 is 2.29 bits per heavy atom. The molecule has 0 saturated carbocycles. The second-order valence-electron chi connectivity index (χ2n) is 5.24. The third-order valence-electron chi connectivity index (χ3n) is 3.77. The van der Waals surface area contributed by atoms with E-state index in [4.69, 9.17) is 14.2 Å². The third-order valence-corrected chi connectivity index (χ3v) is 4.39. The van der Waals surface area contributed by atoms with Crippen LogP contribution in [0, 0.1) is 0 Å². The minimum atomic E-state index is 0.303. The Morgan fingerprint density at radius 1 is 1.43 bits per heavy atom. The molecule has 4 nitrogen and oxygen atoms in total. The summed E-state index contributed by atoms with van der Waals surface area (Å²) in [6.07, 6.45) is 3.72. The van der Waals surface area contributed by atoms with E-state index in [0.717, 1.165) is 29.7 Å². The highest BCUT2D eigenvalue weighted by Gasteiger charge is 2.21. The molecule has 0 aromatic heterocycles. The fraction of sp³-hybridized carbons (Fsp3) is 0.625. The predicted octanol–water partition coefficient (Wildman–Crippen LogP) is 3.30. The van der Waals surface area contributed by atoms with Crippen molar-refractivity contribution in [1.82, 2.24) is 5.32 Å². The van der Waals surface area contributed by atoms with Gasteiger partial charge in [0.15, 0.2) is 0 Å². The smallest absolute Gasteiger partial charge is 0.133 e. The largest absolute Gasteiger partial charge is 0.490 e. The van der Waals surface area contributed by atoms with Gasteiger partial charge in [-0.3, -0.25) is 0 Å². The zero-order valence-electron chi connectivity index (χ0n) is 12.7.